The first-order valence-corrected chi connectivity index (χ1v) is 8.00. The summed E-state index contributed by atoms with van der Waals surface area (Å²) < 4.78 is 2.83. The van der Waals surface area contributed by atoms with Gasteiger partial charge in [-0.2, -0.15) is 5.10 Å². The van der Waals surface area contributed by atoms with Crippen molar-refractivity contribution in [3.8, 4) is 0 Å². The molecule has 114 valence electrons. The lowest BCUT2D eigenvalue weighted by molar-refractivity contribution is 0.101. The first-order chi connectivity index (χ1) is 10.5. The molecule has 6 heteroatoms. The van der Waals surface area contributed by atoms with Gasteiger partial charge < -0.3 is 0 Å². The fraction of sp³-hybridized carbons (Fsp3) is 0.312. The van der Waals surface area contributed by atoms with Crippen molar-refractivity contribution < 1.29 is 4.79 Å². The number of carbonyl (C=O) groups is 1. The number of aryl methyl sites for hydroxylation is 2. The number of aromatic nitrogens is 3. The zero-order valence-corrected chi connectivity index (χ0v) is 13.9. The second kappa shape index (κ2) is 5.53. The van der Waals surface area contributed by atoms with Gasteiger partial charge in [-0.15, -0.1) is 0 Å². The largest absolute Gasteiger partial charge is 0.296 e. The van der Waals surface area contributed by atoms with E-state index in [0.29, 0.717) is 10.8 Å². The van der Waals surface area contributed by atoms with Gasteiger partial charge in [-0.25, -0.2) is 4.98 Å². The minimum atomic E-state index is -0.180. The van der Waals surface area contributed by atoms with Gasteiger partial charge in [-0.1, -0.05) is 23.5 Å². The average Bonchev–Trinajstić information content (AvgIpc) is 3.09. The van der Waals surface area contributed by atoms with Crippen LogP contribution in [0.1, 0.15) is 41.5 Å². The molecule has 0 bridgehead atoms. The fourth-order valence-electron chi connectivity index (χ4n) is 2.38. The lowest BCUT2D eigenvalue weighted by atomic mass is 10.1. The Morgan fingerprint density at radius 2 is 1.95 bits per heavy atom. The molecular formula is C16H18N4OS. The molecule has 0 radical (unpaired) electrons. The molecule has 0 spiro atoms. The molecule has 2 heterocycles. The maximum Gasteiger partial charge on any atom is 0.275 e. The molecule has 3 rings (SSSR count). The molecule has 1 aromatic carbocycles. The molecule has 0 unspecified atom stereocenters. The van der Waals surface area contributed by atoms with Crippen LogP contribution < -0.4 is 5.32 Å². The number of nitrogens with one attached hydrogen (secondary N) is 1. The summed E-state index contributed by atoms with van der Waals surface area (Å²) in [6.45, 7) is 8.07. The third-order valence-electron chi connectivity index (χ3n) is 3.55. The van der Waals surface area contributed by atoms with Gasteiger partial charge in [0.15, 0.2) is 5.13 Å². The van der Waals surface area contributed by atoms with Gasteiger partial charge in [0.1, 0.15) is 5.69 Å². The Hall–Kier alpha value is -2.21. The summed E-state index contributed by atoms with van der Waals surface area (Å²) in [4.78, 5) is 17.0. The topological polar surface area (TPSA) is 59.8 Å². The van der Waals surface area contributed by atoms with E-state index in [1.165, 1.54) is 16.9 Å². The van der Waals surface area contributed by atoms with E-state index in [0.717, 1.165) is 15.8 Å². The van der Waals surface area contributed by atoms with Crippen LogP contribution in [0, 0.1) is 13.8 Å². The Balaban J connectivity index is 1.93. The summed E-state index contributed by atoms with van der Waals surface area (Å²) in [7, 11) is 0. The predicted octanol–water partition coefficient (Wildman–Crippen LogP) is 3.94. The highest BCUT2D eigenvalue weighted by atomic mass is 32.1. The van der Waals surface area contributed by atoms with Crippen LogP contribution in [0.4, 0.5) is 5.13 Å². The van der Waals surface area contributed by atoms with Crippen molar-refractivity contribution in [2.24, 2.45) is 0 Å². The molecular weight excluding hydrogens is 296 g/mol. The van der Waals surface area contributed by atoms with E-state index in [1.54, 1.807) is 16.9 Å². The summed E-state index contributed by atoms with van der Waals surface area (Å²) in [5.74, 6) is -0.180. The first kappa shape index (κ1) is 14.7. The normalized spacial score (nSPS) is 11.3. The molecule has 3 aromatic rings. The molecule has 0 aliphatic rings. The van der Waals surface area contributed by atoms with E-state index in [1.807, 2.05) is 20.8 Å². The van der Waals surface area contributed by atoms with Crippen molar-refractivity contribution in [3.63, 3.8) is 0 Å². The first-order valence-electron chi connectivity index (χ1n) is 7.19. The Labute approximate surface area is 133 Å². The van der Waals surface area contributed by atoms with Gasteiger partial charge in [0.25, 0.3) is 5.91 Å². The minimum Gasteiger partial charge on any atom is -0.296 e. The quantitative estimate of drug-likeness (QED) is 0.796. The summed E-state index contributed by atoms with van der Waals surface area (Å²) >= 11 is 1.51. The van der Waals surface area contributed by atoms with Crippen LogP contribution in [-0.2, 0) is 0 Å². The zero-order valence-electron chi connectivity index (χ0n) is 13.0. The number of thiazole rings is 1. The predicted molar refractivity (Wildman–Crippen MR) is 89.7 cm³/mol. The van der Waals surface area contributed by atoms with Gasteiger partial charge in [0.2, 0.25) is 0 Å². The molecule has 0 saturated heterocycles. The summed E-state index contributed by atoms with van der Waals surface area (Å²) in [5, 5.41) is 7.70. The van der Waals surface area contributed by atoms with Gasteiger partial charge in [0.05, 0.1) is 10.2 Å². The van der Waals surface area contributed by atoms with E-state index >= 15 is 0 Å². The van der Waals surface area contributed by atoms with Gasteiger partial charge >= 0.3 is 0 Å². The molecule has 0 fully saturated rings. The van der Waals surface area contributed by atoms with E-state index < -0.39 is 0 Å². The molecule has 1 amide bonds. The Bertz CT molecular complexity index is 808. The minimum absolute atomic E-state index is 0.135. The number of rotatable bonds is 3. The number of carbonyl (C=O) groups excluding carboxylic acids is 1. The lowest BCUT2D eigenvalue weighted by Gasteiger charge is -2.09. The maximum atomic E-state index is 12.4. The summed E-state index contributed by atoms with van der Waals surface area (Å²) in [6, 6.07) is 5.99. The highest BCUT2D eigenvalue weighted by Gasteiger charge is 2.16. The van der Waals surface area contributed by atoms with Crippen molar-refractivity contribution in [2.75, 3.05) is 5.32 Å². The molecule has 0 saturated carbocycles. The molecule has 0 aliphatic carbocycles. The van der Waals surface area contributed by atoms with Crippen molar-refractivity contribution in [2.45, 2.75) is 33.7 Å². The number of hydrogen-bond acceptors (Lipinski definition) is 4. The lowest BCUT2D eigenvalue weighted by Crippen LogP contribution is -2.18. The maximum absolute atomic E-state index is 12.4. The Morgan fingerprint density at radius 1 is 1.23 bits per heavy atom. The molecule has 22 heavy (non-hydrogen) atoms. The number of benzene rings is 1. The van der Waals surface area contributed by atoms with E-state index in [4.69, 9.17) is 0 Å². The molecule has 1 N–H and O–H groups in total. The van der Waals surface area contributed by atoms with Crippen LogP contribution >= 0.6 is 11.3 Å². The number of amides is 1. The standard InChI is InChI=1S/C16H18N4OS/c1-9(2)20-12(7-8-17-20)15(21)19-16-18-13-10(3)5-6-11(4)14(13)22-16/h5-9H,1-4H3,(H,18,19,21). The van der Waals surface area contributed by atoms with E-state index in [-0.39, 0.29) is 11.9 Å². The van der Waals surface area contributed by atoms with Gasteiger partial charge in [-0.05, 0) is 44.9 Å². The Kier molecular flexibility index (Phi) is 3.70. The highest BCUT2D eigenvalue weighted by Crippen LogP contribution is 2.31. The van der Waals surface area contributed by atoms with Crippen LogP contribution in [0.3, 0.4) is 0 Å². The number of fused-ring (bicyclic) bond motifs is 1. The smallest absolute Gasteiger partial charge is 0.275 e. The van der Waals surface area contributed by atoms with Crippen LogP contribution in [0.2, 0.25) is 0 Å². The summed E-state index contributed by atoms with van der Waals surface area (Å²) in [6.07, 6.45) is 1.64. The third-order valence-corrected chi connectivity index (χ3v) is 4.66. The van der Waals surface area contributed by atoms with Crippen LogP contribution in [0.25, 0.3) is 10.2 Å². The summed E-state index contributed by atoms with van der Waals surface area (Å²) in [5.41, 5.74) is 3.79. The van der Waals surface area contributed by atoms with Crippen molar-refractivity contribution in [1.82, 2.24) is 14.8 Å². The van der Waals surface area contributed by atoms with Gasteiger partial charge in [0, 0.05) is 12.2 Å². The number of hydrogen-bond donors (Lipinski definition) is 1. The van der Waals surface area contributed by atoms with Crippen LogP contribution in [0.5, 0.6) is 0 Å². The number of nitrogens with zero attached hydrogens (tertiary/aromatic N) is 3. The van der Waals surface area contributed by atoms with Crippen LogP contribution in [0.15, 0.2) is 24.4 Å². The van der Waals surface area contributed by atoms with Crippen molar-refractivity contribution >= 4 is 32.6 Å². The fourth-order valence-corrected chi connectivity index (χ4v) is 3.39. The average molecular weight is 314 g/mol. The zero-order chi connectivity index (χ0) is 15.9. The van der Waals surface area contributed by atoms with Crippen LogP contribution in [-0.4, -0.2) is 20.7 Å². The molecule has 0 atom stereocenters. The SMILES string of the molecule is Cc1ccc(C)c2sc(NC(=O)c3ccnn3C(C)C)nc12. The molecule has 5 nitrogen and oxygen atoms in total. The molecule has 2 aromatic heterocycles. The van der Waals surface area contributed by atoms with Gasteiger partial charge in [-0.3, -0.25) is 14.8 Å². The monoisotopic (exact) mass is 314 g/mol. The Morgan fingerprint density at radius 3 is 2.64 bits per heavy atom. The van der Waals surface area contributed by atoms with Crippen molar-refractivity contribution in [3.05, 3.63) is 41.2 Å². The van der Waals surface area contributed by atoms with E-state index in [9.17, 15) is 4.79 Å². The second-order valence-electron chi connectivity index (χ2n) is 5.60. The number of anilines is 1. The third kappa shape index (κ3) is 2.50. The van der Waals surface area contributed by atoms with Crippen molar-refractivity contribution in [1.29, 1.82) is 0 Å². The highest BCUT2D eigenvalue weighted by molar-refractivity contribution is 7.22. The van der Waals surface area contributed by atoms with E-state index in [2.05, 4.69) is 34.5 Å². The molecule has 0 aliphatic heterocycles. The second-order valence-corrected chi connectivity index (χ2v) is 6.60.